The molecule has 0 spiro atoms. The minimum atomic E-state index is -0.234. The number of carbonyl (C=O) groups excluding carboxylic acids is 1. The van der Waals surface area contributed by atoms with Crippen LogP contribution in [0.15, 0.2) is 11.1 Å². The van der Waals surface area contributed by atoms with Gasteiger partial charge >= 0.3 is 5.97 Å². The molecule has 0 aliphatic carbocycles. The van der Waals surface area contributed by atoms with Crippen molar-refractivity contribution in [2.24, 2.45) is 0 Å². The summed E-state index contributed by atoms with van der Waals surface area (Å²) in [7, 11) is 0. The number of hydrogen-bond acceptors (Lipinski definition) is 5. The molecule has 3 saturated heterocycles. The second kappa shape index (κ2) is 4.99. The summed E-state index contributed by atoms with van der Waals surface area (Å²) in [5.41, 5.74) is 1.82. The van der Waals surface area contributed by atoms with Crippen LogP contribution in [0.4, 0.5) is 0 Å². The largest absolute Gasteiger partial charge is 0.459 e. The molecule has 0 aromatic carbocycles. The van der Waals surface area contributed by atoms with Crippen LogP contribution in [0, 0.1) is 0 Å². The second-order valence-corrected chi connectivity index (χ2v) is 5.10. The van der Waals surface area contributed by atoms with Crippen molar-refractivity contribution in [1.82, 2.24) is 0 Å². The van der Waals surface area contributed by atoms with Crippen LogP contribution in [0.3, 0.4) is 0 Å². The molecule has 0 N–H and O–H groups in total. The van der Waals surface area contributed by atoms with Gasteiger partial charge in [0, 0.05) is 5.57 Å². The van der Waals surface area contributed by atoms with Crippen molar-refractivity contribution in [2.75, 3.05) is 26.4 Å². The van der Waals surface area contributed by atoms with Gasteiger partial charge in [-0.2, -0.15) is 0 Å². The highest BCUT2D eigenvalue weighted by atomic mass is 16.6. The predicted molar refractivity (Wildman–Crippen MR) is 62.1 cm³/mol. The van der Waals surface area contributed by atoms with Crippen molar-refractivity contribution in [3.8, 4) is 0 Å². The highest BCUT2D eigenvalue weighted by Gasteiger charge is 2.31. The number of ether oxygens (including phenoxy) is 4. The number of rotatable bonds is 7. The first-order valence-corrected chi connectivity index (χ1v) is 6.43. The van der Waals surface area contributed by atoms with Gasteiger partial charge in [0.15, 0.2) is 0 Å². The molecule has 0 aromatic rings. The average molecular weight is 254 g/mol. The normalized spacial score (nSPS) is 31.7. The molecule has 3 atom stereocenters. The molecular formula is C13H18O5. The quantitative estimate of drug-likeness (QED) is 0.382. The lowest BCUT2D eigenvalue weighted by Crippen LogP contribution is -2.13. The highest BCUT2D eigenvalue weighted by molar-refractivity contribution is 5.88. The minimum absolute atomic E-state index is 0.115. The molecule has 0 amide bonds. The van der Waals surface area contributed by atoms with Gasteiger partial charge in [0.2, 0.25) is 0 Å². The molecule has 5 nitrogen and oxygen atoms in total. The third-order valence-electron chi connectivity index (χ3n) is 3.39. The Hall–Kier alpha value is -0.910. The zero-order chi connectivity index (χ0) is 12.5. The van der Waals surface area contributed by atoms with E-state index in [0.717, 1.165) is 31.6 Å². The van der Waals surface area contributed by atoms with E-state index in [2.05, 4.69) is 0 Å². The fraction of sp³-hybridized carbons (Fsp3) is 0.769. The maximum atomic E-state index is 11.9. The Morgan fingerprint density at radius 2 is 1.56 bits per heavy atom. The monoisotopic (exact) mass is 254 g/mol. The molecule has 3 rings (SSSR count). The van der Waals surface area contributed by atoms with Gasteiger partial charge in [0.25, 0.3) is 0 Å². The lowest BCUT2D eigenvalue weighted by Gasteiger charge is -2.10. The predicted octanol–water partition coefficient (Wildman–Crippen LogP) is 0.823. The van der Waals surface area contributed by atoms with Crippen molar-refractivity contribution in [3.05, 3.63) is 11.1 Å². The van der Waals surface area contributed by atoms with E-state index in [-0.39, 0.29) is 24.3 Å². The summed E-state index contributed by atoms with van der Waals surface area (Å²) in [6.07, 6.45) is 2.33. The fourth-order valence-electron chi connectivity index (χ4n) is 1.90. The van der Waals surface area contributed by atoms with Gasteiger partial charge in [-0.15, -0.1) is 0 Å². The van der Waals surface area contributed by atoms with Crippen LogP contribution in [-0.4, -0.2) is 50.7 Å². The molecule has 3 unspecified atom stereocenters. The number of carbonyl (C=O) groups is 1. The van der Waals surface area contributed by atoms with Crippen LogP contribution < -0.4 is 0 Å². The molecule has 18 heavy (non-hydrogen) atoms. The maximum absolute atomic E-state index is 11.9. The Morgan fingerprint density at radius 3 is 2.00 bits per heavy atom. The van der Waals surface area contributed by atoms with E-state index in [1.807, 2.05) is 6.92 Å². The van der Waals surface area contributed by atoms with Gasteiger partial charge in [-0.1, -0.05) is 5.57 Å². The lowest BCUT2D eigenvalue weighted by molar-refractivity contribution is -0.139. The van der Waals surface area contributed by atoms with E-state index >= 15 is 0 Å². The van der Waals surface area contributed by atoms with Gasteiger partial charge in [-0.25, -0.2) is 4.79 Å². The molecule has 100 valence electrons. The molecule has 0 bridgehead atoms. The van der Waals surface area contributed by atoms with Crippen molar-refractivity contribution in [3.63, 3.8) is 0 Å². The molecule has 0 radical (unpaired) electrons. The first kappa shape index (κ1) is 12.1. The summed E-state index contributed by atoms with van der Waals surface area (Å²) in [4.78, 5) is 11.9. The van der Waals surface area contributed by atoms with Gasteiger partial charge in [-0.3, -0.25) is 0 Å². The first-order valence-electron chi connectivity index (χ1n) is 6.43. The molecule has 3 aliphatic rings. The van der Waals surface area contributed by atoms with E-state index in [9.17, 15) is 4.79 Å². The summed E-state index contributed by atoms with van der Waals surface area (Å²) in [5.74, 6) is -0.234. The van der Waals surface area contributed by atoms with Crippen LogP contribution in [0.1, 0.15) is 19.8 Å². The third-order valence-corrected chi connectivity index (χ3v) is 3.39. The summed E-state index contributed by atoms with van der Waals surface area (Å²) >= 11 is 0. The fourth-order valence-corrected chi connectivity index (χ4v) is 1.90. The van der Waals surface area contributed by atoms with Crippen molar-refractivity contribution in [1.29, 1.82) is 0 Å². The summed E-state index contributed by atoms with van der Waals surface area (Å²) < 4.78 is 20.7. The number of hydrogen-bond donors (Lipinski definition) is 0. The van der Waals surface area contributed by atoms with Crippen LogP contribution in [0.2, 0.25) is 0 Å². The van der Waals surface area contributed by atoms with Crippen LogP contribution in [0.5, 0.6) is 0 Å². The van der Waals surface area contributed by atoms with E-state index in [1.54, 1.807) is 0 Å². The number of esters is 1. The molecule has 0 aromatic heterocycles. The Morgan fingerprint density at radius 1 is 1.06 bits per heavy atom. The van der Waals surface area contributed by atoms with Gasteiger partial charge in [-0.05, 0) is 19.8 Å². The maximum Gasteiger partial charge on any atom is 0.333 e. The molecule has 5 heteroatoms. The summed E-state index contributed by atoms with van der Waals surface area (Å²) in [5, 5.41) is 0. The van der Waals surface area contributed by atoms with E-state index in [0.29, 0.717) is 18.8 Å². The Labute approximate surface area is 106 Å². The van der Waals surface area contributed by atoms with Crippen LogP contribution >= 0.6 is 0 Å². The third kappa shape index (κ3) is 3.54. The molecule has 3 fully saturated rings. The van der Waals surface area contributed by atoms with Gasteiger partial charge in [0.05, 0.1) is 32.0 Å². The van der Waals surface area contributed by atoms with E-state index in [1.165, 1.54) is 0 Å². The first-order chi connectivity index (χ1) is 8.72. The Balaban J connectivity index is 1.58. The zero-order valence-corrected chi connectivity index (χ0v) is 10.5. The smallest absolute Gasteiger partial charge is 0.333 e. The second-order valence-electron chi connectivity index (χ2n) is 5.10. The standard InChI is InChI=1S/C13H18O5/c1-8(13(14)18-7-12-6-17-12)9(2-10-4-15-10)3-11-5-16-11/h10-12H,2-7H2,1H3. The number of epoxide rings is 3. The van der Waals surface area contributed by atoms with Crippen LogP contribution in [0.25, 0.3) is 0 Å². The topological polar surface area (TPSA) is 63.9 Å². The van der Waals surface area contributed by atoms with E-state index < -0.39 is 0 Å². The minimum Gasteiger partial charge on any atom is -0.459 e. The van der Waals surface area contributed by atoms with Gasteiger partial charge < -0.3 is 18.9 Å². The van der Waals surface area contributed by atoms with E-state index in [4.69, 9.17) is 18.9 Å². The molecule has 3 heterocycles. The van der Waals surface area contributed by atoms with Crippen molar-refractivity contribution >= 4 is 5.97 Å². The summed E-state index contributed by atoms with van der Waals surface area (Å²) in [6.45, 7) is 4.49. The van der Waals surface area contributed by atoms with Crippen molar-refractivity contribution in [2.45, 2.75) is 38.1 Å². The Kier molecular flexibility index (Phi) is 3.37. The Bertz CT molecular complexity index is 348. The zero-order valence-electron chi connectivity index (χ0n) is 10.5. The average Bonchev–Trinajstić information content (AvgIpc) is 3.20. The van der Waals surface area contributed by atoms with Crippen molar-refractivity contribution < 1.29 is 23.7 Å². The van der Waals surface area contributed by atoms with Gasteiger partial charge in [0.1, 0.15) is 12.7 Å². The molecule has 0 saturated carbocycles. The lowest BCUT2D eigenvalue weighted by atomic mass is 9.99. The highest BCUT2D eigenvalue weighted by Crippen LogP contribution is 2.29. The molecular weight excluding hydrogens is 236 g/mol. The molecule has 3 aliphatic heterocycles. The SMILES string of the molecule is CC(C(=O)OCC1CO1)=C(CC1CO1)CC1CO1. The summed E-state index contributed by atoms with van der Waals surface area (Å²) in [6, 6.07) is 0. The van der Waals surface area contributed by atoms with Crippen LogP contribution in [-0.2, 0) is 23.7 Å².